The minimum atomic E-state index is 0. The lowest BCUT2D eigenvalue weighted by Gasteiger charge is -1.77. The summed E-state index contributed by atoms with van der Waals surface area (Å²) in [6, 6.07) is 0. The molecular formula is C5H7N3Si. The summed E-state index contributed by atoms with van der Waals surface area (Å²) < 4.78 is 0. The van der Waals surface area contributed by atoms with Gasteiger partial charge in [0.15, 0.2) is 0 Å². The van der Waals surface area contributed by atoms with Crippen molar-refractivity contribution in [2.24, 2.45) is 15.4 Å². The summed E-state index contributed by atoms with van der Waals surface area (Å²) in [4.78, 5) is 0. The molecule has 0 bridgehead atoms. The maximum Gasteiger partial charge on any atom is 0.115 e. The van der Waals surface area contributed by atoms with Crippen molar-refractivity contribution in [2.45, 2.75) is 0 Å². The summed E-state index contributed by atoms with van der Waals surface area (Å²) >= 11 is 0. The van der Waals surface area contributed by atoms with Crippen LogP contribution in [-0.4, -0.2) is 16.7 Å². The quantitative estimate of drug-likeness (QED) is 0.415. The molecule has 4 heteroatoms. The standard InChI is InChI=1S/C5H3N3.H4Si/c1-2-4-5(3-1)7-8-6-4;/h1-3H;1H4. The van der Waals surface area contributed by atoms with E-state index < -0.39 is 0 Å². The van der Waals surface area contributed by atoms with Gasteiger partial charge in [0.1, 0.15) is 11.4 Å². The fourth-order valence-corrected chi connectivity index (χ4v) is 0.689. The van der Waals surface area contributed by atoms with Crippen LogP contribution in [0.2, 0.25) is 0 Å². The van der Waals surface area contributed by atoms with Crippen LogP contribution in [0.5, 0.6) is 0 Å². The Kier molecular flexibility index (Phi) is 1.40. The molecule has 9 heavy (non-hydrogen) atoms. The molecule has 0 radical (unpaired) electrons. The van der Waals surface area contributed by atoms with Crippen LogP contribution < -0.4 is 0 Å². The van der Waals surface area contributed by atoms with E-state index in [9.17, 15) is 0 Å². The molecule has 1 aliphatic heterocycles. The van der Waals surface area contributed by atoms with E-state index in [-0.39, 0.29) is 11.0 Å². The average molecular weight is 137 g/mol. The molecule has 0 aromatic heterocycles. The Morgan fingerprint density at radius 3 is 3.00 bits per heavy atom. The lowest BCUT2D eigenvalue weighted by Crippen LogP contribution is -1.84. The minimum Gasteiger partial charge on any atom is -0.128 e. The van der Waals surface area contributed by atoms with Crippen molar-refractivity contribution in [3.05, 3.63) is 23.9 Å². The molecule has 0 saturated carbocycles. The predicted octanol–water partition coefficient (Wildman–Crippen LogP) is -0.190. The number of nitrogens with zero attached hydrogens (tertiary/aromatic N) is 3. The zero-order valence-electron chi connectivity index (χ0n) is 4.07. The van der Waals surface area contributed by atoms with E-state index in [0.717, 1.165) is 11.4 Å². The van der Waals surface area contributed by atoms with Crippen molar-refractivity contribution >= 4 is 16.7 Å². The first-order valence-corrected chi connectivity index (χ1v) is 2.34. The van der Waals surface area contributed by atoms with E-state index in [1.54, 1.807) is 0 Å². The van der Waals surface area contributed by atoms with Crippen LogP contribution in [0.3, 0.4) is 0 Å². The Bertz CT molecular complexity index is 211. The molecular weight excluding hydrogens is 130 g/mol. The third kappa shape index (κ3) is 0.767. The normalized spacial score (nSPS) is 18.7. The molecule has 0 spiro atoms. The molecule has 0 unspecified atom stereocenters. The molecule has 3 nitrogen and oxygen atoms in total. The van der Waals surface area contributed by atoms with Gasteiger partial charge in [-0.2, -0.15) is 0 Å². The maximum absolute atomic E-state index is 3.72. The summed E-state index contributed by atoms with van der Waals surface area (Å²) in [7, 11) is 0. The summed E-state index contributed by atoms with van der Waals surface area (Å²) in [5, 5.41) is 10.9. The lowest BCUT2D eigenvalue weighted by atomic mass is 10.4. The van der Waals surface area contributed by atoms with E-state index in [2.05, 4.69) is 15.4 Å². The Morgan fingerprint density at radius 1 is 1.33 bits per heavy atom. The van der Waals surface area contributed by atoms with Crippen LogP contribution in [0.1, 0.15) is 0 Å². The van der Waals surface area contributed by atoms with Crippen LogP contribution in [0.15, 0.2) is 39.4 Å². The van der Waals surface area contributed by atoms with Gasteiger partial charge in [0.25, 0.3) is 0 Å². The second kappa shape index (κ2) is 2.06. The van der Waals surface area contributed by atoms with Crippen molar-refractivity contribution < 1.29 is 0 Å². The molecule has 0 saturated heterocycles. The first-order valence-electron chi connectivity index (χ1n) is 2.34. The molecule has 0 aromatic carbocycles. The third-order valence-corrected chi connectivity index (χ3v) is 1.08. The van der Waals surface area contributed by atoms with E-state index in [1.165, 1.54) is 0 Å². The first kappa shape index (κ1) is 6.09. The Hall–Kier alpha value is -1.03. The zero-order chi connectivity index (χ0) is 5.40. The molecule has 0 N–H and O–H groups in total. The van der Waals surface area contributed by atoms with Gasteiger partial charge >= 0.3 is 0 Å². The molecule has 2 rings (SSSR count). The van der Waals surface area contributed by atoms with Gasteiger partial charge in [-0.3, -0.25) is 0 Å². The lowest BCUT2D eigenvalue weighted by molar-refractivity contribution is 1.09. The highest BCUT2D eigenvalue weighted by Crippen LogP contribution is 2.15. The highest BCUT2D eigenvalue weighted by Gasteiger charge is 2.10. The van der Waals surface area contributed by atoms with Gasteiger partial charge in [-0.25, -0.2) is 0 Å². The second-order valence-electron chi connectivity index (χ2n) is 1.59. The smallest absolute Gasteiger partial charge is 0.115 e. The van der Waals surface area contributed by atoms with Crippen molar-refractivity contribution in [1.82, 2.24) is 0 Å². The highest BCUT2D eigenvalue weighted by molar-refractivity contribution is 6.11. The van der Waals surface area contributed by atoms with Gasteiger partial charge < -0.3 is 0 Å². The molecule has 1 heterocycles. The molecule has 46 valence electrons. The van der Waals surface area contributed by atoms with Gasteiger partial charge in [-0.05, 0) is 28.3 Å². The van der Waals surface area contributed by atoms with Gasteiger partial charge in [-0.15, -0.1) is 10.2 Å². The number of hydrogen-bond donors (Lipinski definition) is 0. The Morgan fingerprint density at radius 2 is 2.22 bits per heavy atom. The molecule has 0 amide bonds. The largest absolute Gasteiger partial charge is 0.128 e. The van der Waals surface area contributed by atoms with Crippen LogP contribution in [0, 0.1) is 0 Å². The van der Waals surface area contributed by atoms with Crippen molar-refractivity contribution in [3.8, 4) is 0 Å². The van der Waals surface area contributed by atoms with Crippen LogP contribution in [0.25, 0.3) is 0 Å². The van der Waals surface area contributed by atoms with E-state index >= 15 is 0 Å². The van der Waals surface area contributed by atoms with E-state index in [4.69, 9.17) is 0 Å². The van der Waals surface area contributed by atoms with E-state index in [1.807, 2.05) is 18.2 Å². The summed E-state index contributed by atoms with van der Waals surface area (Å²) in [5.74, 6) is 0. The van der Waals surface area contributed by atoms with Crippen molar-refractivity contribution in [2.75, 3.05) is 0 Å². The van der Waals surface area contributed by atoms with Gasteiger partial charge in [0.05, 0.1) is 0 Å². The molecule has 2 aliphatic rings. The SMILES string of the molecule is C1=CC2=NN=NC2=C1.[SiH4]. The molecule has 1 aliphatic carbocycles. The molecule has 0 aromatic rings. The first-order chi connectivity index (χ1) is 3.97. The van der Waals surface area contributed by atoms with Gasteiger partial charge in [0, 0.05) is 0 Å². The van der Waals surface area contributed by atoms with Crippen LogP contribution in [-0.2, 0) is 0 Å². The topological polar surface area (TPSA) is 37.1 Å². The summed E-state index contributed by atoms with van der Waals surface area (Å²) in [6.07, 6.45) is 5.68. The number of allylic oxidation sites excluding steroid dienone is 3. The van der Waals surface area contributed by atoms with Crippen LogP contribution in [0.4, 0.5) is 0 Å². The van der Waals surface area contributed by atoms with Gasteiger partial charge in [0.2, 0.25) is 0 Å². The second-order valence-corrected chi connectivity index (χ2v) is 1.59. The summed E-state index contributed by atoms with van der Waals surface area (Å²) in [5.41, 5.74) is 1.76. The van der Waals surface area contributed by atoms with Crippen molar-refractivity contribution in [3.63, 3.8) is 0 Å². The van der Waals surface area contributed by atoms with Gasteiger partial charge in [-0.1, -0.05) is 6.08 Å². The van der Waals surface area contributed by atoms with Crippen molar-refractivity contribution in [1.29, 1.82) is 0 Å². The fraction of sp³-hybridized carbons (Fsp3) is 0. The number of hydrogen-bond acceptors (Lipinski definition) is 3. The Balaban J connectivity index is 0.000000405. The zero-order valence-corrected chi connectivity index (χ0v) is 4.07. The number of fused-ring (bicyclic) bond motifs is 1. The molecule has 0 atom stereocenters. The predicted molar refractivity (Wildman–Crippen MR) is 40.8 cm³/mol. The minimum absolute atomic E-state index is 0. The molecule has 0 fully saturated rings. The highest BCUT2D eigenvalue weighted by atomic mass is 28.1. The average Bonchev–Trinajstić information content (AvgIpc) is 2.15. The maximum atomic E-state index is 3.72. The fourth-order valence-electron chi connectivity index (χ4n) is 0.689. The monoisotopic (exact) mass is 137 g/mol. The number of rotatable bonds is 0. The van der Waals surface area contributed by atoms with E-state index in [0.29, 0.717) is 0 Å². The Labute approximate surface area is 56.9 Å². The summed E-state index contributed by atoms with van der Waals surface area (Å²) in [6.45, 7) is 0. The van der Waals surface area contributed by atoms with Crippen LogP contribution >= 0.6 is 0 Å². The third-order valence-electron chi connectivity index (χ3n) is 1.08.